The number of nitrogens with zero attached hydrogens (tertiary/aromatic N) is 4. The molecule has 32 heavy (non-hydrogen) atoms. The summed E-state index contributed by atoms with van der Waals surface area (Å²) in [7, 11) is 0. The molecular weight excluding hydrogens is 419 g/mol. The van der Waals surface area contributed by atoms with E-state index in [4.69, 9.17) is 0 Å². The molecule has 0 bridgehead atoms. The third-order valence-electron chi connectivity index (χ3n) is 5.95. The van der Waals surface area contributed by atoms with Crippen LogP contribution in [0.15, 0.2) is 30.5 Å². The number of fused-ring (bicyclic) bond motifs is 1. The van der Waals surface area contributed by atoms with Gasteiger partial charge < -0.3 is 10.2 Å². The van der Waals surface area contributed by atoms with E-state index in [-0.39, 0.29) is 11.5 Å². The summed E-state index contributed by atoms with van der Waals surface area (Å²) in [6.07, 6.45) is 1.46. The van der Waals surface area contributed by atoms with Crippen LogP contribution >= 0.6 is 0 Å². The molecule has 1 aliphatic heterocycles. The number of nitrogens with one attached hydrogen (secondary N) is 1. The van der Waals surface area contributed by atoms with Gasteiger partial charge in [0.1, 0.15) is 17.5 Å². The first kappa shape index (κ1) is 22.0. The Balaban J connectivity index is 1.66. The molecule has 0 aliphatic carbocycles. The molecule has 1 atom stereocenters. The van der Waals surface area contributed by atoms with Crippen LogP contribution in [-0.2, 0) is 4.79 Å². The number of aromatic nitrogens is 3. The molecule has 0 saturated carbocycles. The summed E-state index contributed by atoms with van der Waals surface area (Å²) in [5.74, 6) is 0.309. The van der Waals surface area contributed by atoms with E-state index in [1.165, 1.54) is 12.1 Å². The lowest BCUT2D eigenvalue weighted by molar-refractivity contribution is -0.119. The fourth-order valence-corrected chi connectivity index (χ4v) is 4.16. The van der Waals surface area contributed by atoms with Crippen molar-refractivity contribution in [2.75, 3.05) is 18.4 Å². The number of rotatable bonds is 6. The summed E-state index contributed by atoms with van der Waals surface area (Å²) in [6, 6.07) is 5.37. The maximum atomic E-state index is 14.6. The Labute approximate surface area is 183 Å². The zero-order valence-electron chi connectivity index (χ0n) is 17.9. The van der Waals surface area contributed by atoms with Crippen molar-refractivity contribution < 1.29 is 18.0 Å². The lowest BCUT2D eigenvalue weighted by Crippen LogP contribution is -2.31. The highest BCUT2D eigenvalue weighted by Crippen LogP contribution is 2.33. The number of aryl methyl sites for hydroxylation is 1. The van der Waals surface area contributed by atoms with E-state index in [0.717, 1.165) is 30.9 Å². The standard InChI is InChI=1S/C23H24F3N5O/c1-13(17-4-3-5-18(20(17)24)21(25)26)28-23-19-10-16(11-27-22(19)29-14(2)30-23)15-6-8-31(12-32)9-7-15/h3-5,10-13,15,21H,6-9H2,1-2H3,(H,27,28,29,30). The van der Waals surface area contributed by atoms with Crippen molar-refractivity contribution in [3.05, 3.63) is 58.8 Å². The Hall–Kier alpha value is -3.23. The van der Waals surface area contributed by atoms with Gasteiger partial charge in [-0.3, -0.25) is 4.79 Å². The van der Waals surface area contributed by atoms with Gasteiger partial charge in [0.15, 0.2) is 5.65 Å². The van der Waals surface area contributed by atoms with Crippen LogP contribution in [0.1, 0.15) is 60.7 Å². The Morgan fingerprint density at radius 1 is 1.19 bits per heavy atom. The van der Waals surface area contributed by atoms with Gasteiger partial charge in [0.05, 0.1) is 17.0 Å². The summed E-state index contributed by atoms with van der Waals surface area (Å²) in [4.78, 5) is 26.1. The van der Waals surface area contributed by atoms with E-state index >= 15 is 0 Å². The number of piperidine rings is 1. The number of carbonyl (C=O) groups is 1. The van der Waals surface area contributed by atoms with Crippen LogP contribution in [0.4, 0.5) is 19.0 Å². The highest BCUT2D eigenvalue weighted by atomic mass is 19.3. The fourth-order valence-electron chi connectivity index (χ4n) is 4.16. The number of amides is 1. The lowest BCUT2D eigenvalue weighted by atomic mass is 9.90. The molecular formula is C23H24F3N5O. The summed E-state index contributed by atoms with van der Waals surface area (Å²) in [5.41, 5.74) is 1.04. The first-order chi connectivity index (χ1) is 15.4. The van der Waals surface area contributed by atoms with Gasteiger partial charge in [0.2, 0.25) is 6.41 Å². The average Bonchev–Trinajstić information content (AvgIpc) is 2.78. The first-order valence-corrected chi connectivity index (χ1v) is 10.5. The van der Waals surface area contributed by atoms with Crippen molar-refractivity contribution in [3.8, 4) is 0 Å². The summed E-state index contributed by atoms with van der Waals surface area (Å²) in [6.45, 7) is 4.82. The highest BCUT2D eigenvalue weighted by molar-refractivity contribution is 5.87. The third-order valence-corrected chi connectivity index (χ3v) is 5.95. The number of halogens is 3. The molecule has 1 saturated heterocycles. The van der Waals surface area contributed by atoms with Gasteiger partial charge in [0.25, 0.3) is 6.43 Å². The first-order valence-electron chi connectivity index (χ1n) is 10.5. The minimum Gasteiger partial charge on any atom is -0.363 e. The Morgan fingerprint density at radius 2 is 1.91 bits per heavy atom. The quantitative estimate of drug-likeness (QED) is 0.548. The van der Waals surface area contributed by atoms with E-state index in [0.29, 0.717) is 35.8 Å². The molecule has 3 heterocycles. The van der Waals surface area contributed by atoms with Crippen LogP contribution in [0.25, 0.3) is 11.0 Å². The average molecular weight is 443 g/mol. The van der Waals surface area contributed by atoms with Crippen molar-refractivity contribution in [2.24, 2.45) is 0 Å². The van der Waals surface area contributed by atoms with Crippen LogP contribution in [0.5, 0.6) is 0 Å². The molecule has 4 rings (SSSR count). The smallest absolute Gasteiger partial charge is 0.266 e. The molecule has 1 unspecified atom stereocenters. The molecule has 0 radical (unpaired) electrons. The SMILES string of the molecule is Cc1nc(NC(C)c2cccc(C(F)F)c2F)c2cc(C3CCN(C=O)CC3)cnc2n1. The second kappa shape index (κ2) is 9.10. The Morgan fingerprint density at radius 3 is 2.59 bits per heavy atom. The molecule has 1 fully saturated rings. The van der Waals surface area contributed by atoms with Crippen LogP contribution in [0, 0.1) is 12.7 Å². The number of hydrogen-bond donors (Lipinski definition) is 1. The van der Waals surface area contributed by atoms with Gasteiger partial charge >= 0.3 is 0 Å². The van der Waals surface area contributed by atoms with Gasteiger partial charge in [0, 0.05) is 24.8 Å². The second-order valence-electron chi connectivity index (χ2n) is 8.09. The van der Waals surface area contributed by atoms with Crippen LogP contribution in [0.3, 0.4) is 0 Å². The predicted octanol–water partition coefficient (Wildman–Crippen LogP) is 4.92. The van der Waals surface area contributed by atoms with Crippen LogP contribution in [-0.4, -0.2) is 39.4 Å². The van der Waals surface area contributed by atoms with Crippen molar-refractivity contribution in [1.82, 2.24) is 19.9 Å². The second-order valence-corrected chi connectivity index (χ2v) is 8.09. The van der Waals surface area contributed by atoms with Gasteiger partial charge in [-0.25, -0.2) is 28.1 Å². The minimum absolute atomic E-state index is 0.137. The van der Waals surface area contributed by atoms with Crippen LogP contribution in [0.2, 0.25) is 0 Å². The zero-order valence-corrected chi connectivity index (χ0v) is 17.9. The normalized spacial score (nSPS) is 15.9. The topological polar surface area (TPSA) is 71.0 Å². The number of anilines is 1. The maximum Gasteiger partial charge on any atom is 0.266 e. The lowest BCUT2D eigenvalue weighted by Gasteiger charge is -2.29. The zero-order chi connectivity index (χ0) is 22.8. The van der Waals surface area contributed by atoms with E-state index in [1.807, 2.05) is 6.07 Å². The molecule has 0 spiro atoms. The number of benzene rings is 1. The number of carbonyl (C=O) groups excluding carboxylic acids is 1. The summed E-state index contributed by atoms with van der Waals surface area (Å²) >= 11 is 0. The molecule has 1 aromatic carbocycles. The Kier molecular flexibility index (Phi) is 6.25. The van der Waals surface area contributed by atoms with E-state index in [1.54, 1.807) is 24.9 Å². The van der Waals surface area contributed by atoms with E-state index < -0.39 is 23.8 Å². The van der Waals surface area contributed by atoms with Gasteiger partial charge in [-0.2, -0.15) is 0 Å². The number of likely N-dealkylation sites (tertiary alicyclic amines) is 1. The molecule has 168 valence electrons. The molecule has 3 aromatic rings. The van der Waals surface area contributed by atoms with Crippen molar-refractivity contribution in [3.63, 3.8) is 0 Å². The fraction of sp³-hybridized carbons (Fsp3) is 0.391. The van der Waals surface area contributed by atoms with Crippen molar-refractivity contribution in [1.29, 1.82) is 0 Å². The monoisotopic (exact) mass is 443 g/mol. The molecule has 2 aromatic heterocycles. The molecule has 9 heteroatoms. The summed E-state index contributed by atoms with van der Waals surface area (Å²) in [5, 5.41) is 3.85. The van der Waals surface area contributed by atoms with Gasteiger partial charge in [-0.1, -0.05) is 18.2 Å². The molecule has 1 aliphatic rings. The van der Waals surface area contributed by atoms with Crippen LogP contribution < -0.4 is 5.32 Å². The number of alkyl halides is 2. The maximum absolute atomic E-state index is 14.6. The highest BCUT2D eigenvalue weighted by Gasteiger charge is 2.23. The molecule has 1 amide bonds. The van der Waals surface area contributed by atoms with Crippen molar-refractivity contribution in [2.45, 2.75) is 45.1 Å². The summed E-state index contributed by atoms with van der Waals surface area (Å²) < 4.78 is 40.9. The van der Waals surface area contributed by atoms with Crippen molar-refractivity contribution >= 4 is 23.3 Å². The largest absolute Gasteiger partial charge is 0.363 e. The minimum atomic E-state index is -2.89. The third kappa shape index (κ3) is 4.37. The molecule has 6 nitrogen and oxygen atoms in total. The van der Waals surface area contributed by atoms with Gasteiger partial charge in [-0.15, -0.1) is 0 Å². The predicted molar refractivity (Wildman–Crippen MR) is 115 cm³/mol. The van der Waals surface area contributed by atoms with E-state index in [2.05, 4.69) is 20.3 Å². The number of pyridine rings is 1. The molecule has 1 N–H and O–H groups in total. The van der Waals surface area contributed by atoms with Gasteiger partial charge in [-0.05, 0) is 44.2 Å². The Bertz CT molecular complexity index is 1130. The number of hydrogen-bond acceptors (Lipinski definition) is 5. The van der Waals surface area contributed by atoms with E-state index in [9.17, 15) is 18.0 Å².